The van der Waals surface area contributed by atoms with Crippen LogP contribution in [0.3, 0.4) is 0 Å². The van der Waals surface area contributed by atoms with Crippen LogP contribution in [0.15, 0.2) is 12.1 Å². The first-order valence-corrected chi connectivity index (χ1v) is 5.59. The summed E-state index contributed by atoms with van der Waals surface area (Å²) < 4.78 is 5.99. The molecule has 0 saturated carbocycles. The number of benzene rings is 1. The van der Waals surface area contributed by atoms with E-state index in [2.05, 4.69) is 45.1 Å². The number of hydrogen-bond acceptors (Lipinski definition) is 2. The number of hydrogen-bond donors (Lipinski definition) is 1. The lowest BCUT2D eigenvalue weighted by Gasteiger charge is -2.31. The van der Waals surface area contributed by atoms with Crippen LogP contribution in [0.1, 0.15) is 25.0 Å². The van der Waals surface area contributed by atoms with Gasteiger partial charge < -0.3 is 10.1 Å². The molecule has 2 rings (SSSR count). The molecule has 1 N–H and O–H groups in total. The number of rotatable bonds is 1. The predicted molar refractivity (Wildman–Crippen MR) is 63.7 cm³/mol. The van der Waals surface area contributed by atoms with E-state index in [0.29, 0.717) is 12.0 Å². The Hall–Kier alpha value is -1.18. The van der Waals surface area contributed by atoms with Gasteiger partial charge in [0.25, 0.3) is 0 Å². The highest BCUT2D eigenvalue weighted by Gasteiger charge is 2.23. The molecule has 1 atom stereocenters. The summed E-state index contributed by atoms with van der Waals surface area (Å²) in [6.07, 6.45) is 0.290. The predicted octanol–water partition coefficient (Wildman–Crippen LogP) is 3.13. The minimum absolute atomic E-state index is 0.290. The molecular weight excluding hydrogens is 186 g/mol. The fourth-order valence-electron chi connectivity index (χ4n) is 2.03. The van der Waals surface area contributed by atoms with Crippen LogP contribution < -0.4 is 10.1 Å². The van der Waals surface area contributed by atoms with Gasteiger partial charge in [-0.15, -0.1) is 0 Å². The van der Waals surface area contributed by atoms with E-state index in [0.717, 1.165) is 18.0 Å². The van der Waals surface area contributed by atoms with Gasteiger partial charge in [-0.2, -0.15) is 0 Å². The van der Waals surface area contributed by atoms with Crippen molar-refractivity contribution in [3.8, 4) is 5.75 Å². The Bertz CT molecular complexity index is 371. The van der Waals surface area contributed by atoms with Gasteiger partial charge in [0.1, 0.15) is 11.9 Å². The molecule has 82 valence electrons. The molecule has 15 heavy (non-hydrogen) atoms. The summed E-state index contributed by atoms with van der Waals surface area (Å²) in [7, 11) is 0. The normalized spacial score (nSPS) is 19.4. The van der Waals surface area contributed by atoms with E-state index in [1.165, 1.54) is 11.1 Å². The summed E-state index contributed by atoms with van der Waals surface area (Å²) in [4.78, 5) is 0. The van der Waals surface area contributed by atoms with Crippen LogP contribution in [0.2, 0.25) is 0 Å². The Morgan fingerprint density at radius 3 is 2.73 bits per heavy atom. The summed E-state index contributed by atoms with van der Waals surface area (Å²) in [5.74, 6) is 1.56. The van der Waals surface area contributed by atoms with Crippen molar-refractivity contribution >= 4 is 5.69 Å². The molecule has 1 unspecified atom stereocenters. The first-order valence-electron chi connectivity index (χ1n) is 5.59. The van der Waals surface area contributed by atoms with Gasteiger partial charge in [0.2, 0.25) is 0 Å². The third kappa shape index (κ3) is 1.94. The van der Waals surface area contributed by atoms with Crippen LogP contribution in [-0.4, -0.2) is 12.6 Å². The third-order valence-corrected chi connectivity index (χ3v) is 2.95. The maximum atomic E-state index is 5.99. The fraction of sp³-hybridized carbons (Fsp3) is 0.538. The summed E-state index contributed by atoms with van der Waals surface area (Å²) in [6.45, 7) is 9.53. The van der Waals surface area contributed by atoms with Crippen LogP contribution in [0.5, 0.6) is 5.75 Å². The van der Waals surface area contributed by atoms with Gasteiger partial charge in [0.05, 0.1) is 12.2 Å². The van der Waals surface area contributed by atoms with Crippen molar-refractivity contribution in [1.82, 2.24) is 0 Å². The number of aryl methyl sites for hydroxylation is 2. The maximum absolute atomic E-state index is 5.99. The van der Waals surface area contributed by atoms with Crippen molar-refractivity contribution < 1.29 is 4.74 Å². The SMILES string of the molecule is Cc1cc(C)c2c(c1)OC(C(C)C)CN2. The van der Waals surface area contributed by atoms with E-state index in [9.17, 15) is 0 Å². The molecule has 0 bridgehead atoms. The fourth-order valence-corrected chi connectivity index (χ4v) is 2.03. The van der Waals surface area contributed by atoms with E-state index < -0.39 is 0 Å². The largest absolute Gasteiger partial charge is 0.486 e. The van der Waals surface area contributed by atoms with Crippen molar-refractivity contribution in [2.24, 2.45) is 5.92 Å². The molecular formula is C13H19NO. The topological polar surface area (TPSA) is 21.3 Å². The standard InChI is InChI=1S/C13H19NO/c1-8(2)12-7-14-13-10(4)5-9(3)6-11(13)15-12/h5-6,8,12,14H,7H2,1-4H3. The lowest BCUT2D eigenvalue weighted by Crippen LogP contribution is -2.35. The molecule has 1 aromatic carbocycles. The molecule has 1 aromatic rings. The van der Waals surface area contributed by atoms with Gasteiger partial charge in [-0.3, -0.25) is 0 Å². The molecule has 0 radical (unpaired) electrons. The van der Waals surface area contributed by atoms with Crippen LogP contribution >= 0.6 is 0 Å². The lowest BCUT2D eigenvalue weighted by atomic mass is 10.0. The van der Waals surface area contributed by atoms with Crippen LogP contribution in [0.4, 0.5) is 5.69 Å². The van der Waals surface area contributed by atoms with Crippen molar-refractivity contribution in [2.45, 2.75) is 33.8 Å². The molecule has 2 nitrogen and oxygen atoms in total. The van der Waals surface area contributed by atoms with E-state index >= 15 is 0 Å². The quantitative estimate of drug-likeness (QED) is 0.760. The Kier molecular flexibility index (Phi) is 2.59. The second kappa shape index (κ2) is 3.76. The van der Waals surface area contributed by atoms with Gasteiger partial charge in [-0.1, -0.05) is 19.9 Å². The molecule has 0 amide bonds. The van der Waals surface area contributed by atoms with E-state index in [1.54, 1.807) is 0 Å². The minimum Gasteiger partial charge on any atom is -0.486 e. The van der Waals surface area contributed by atoms with Crippen LogP contribution in [-0.2, 0) is 0 Å². The molecule has 0 fully saturated rings. The van der Waals surface area contributed by atoms with E-state index in [-0.39, 0.29) is 0 Å². The molecule has 0 aliphatic carbocycles. The highest BCUT2D eigenvalue weighted by molar-refractivity contribution is 5.64. The molecule has 1 heterocycles. The second-order valence-electron chi connectivity index (χ2n) is 4.74. The van der Waals surface area contributed by atoms with Crippen LogP contribution in [0.25, 0.3) is 0 Å². The Labute approximate surface area is 91.6 Å². The highest BCUT2D eigenvalue weighted by atomic mass is 16.5. The van der Waals surface area contributed by atoms with Gasteiger partial charge in [-0.25, -0.2) is 0 Å². The van der Waals surface area contributed by atoms with Gasteiger partial charge >= 0.3 is 0 Å². The van der Waals surface area contributed by atoms with Crippen molar-refractivity contribution in [3.63, 3.8) is 0 Å². The Balaban J connectivity index is 2.33. The smallest absolute Gasteiger partial charge is 0.143 e. The zero-order valence-corrected chi connectivity index (χ0v) is 9.92. The third-order valence-electron chi connectivity index (χ3n) is 2.95. The second-order valence-corrected chi connectivity index (χ2v) is 4.74. The van der Waals surface area contributed by atoms with Crippen molar-refractivity contribution in [3.05, 3.63) is 23.3 Å². The van der Waals surface area contributed by atoms with E-state index in [1.807, 2.05) is 0 Å². The zero-order chi connectivity index (χ0) is 11.0. The Morgan fingerprint density at radius 2 is 2.07 bits per heavy atom. The number of fused-ring (bicyclic) bond motifs is 1. The minimum atomic E-state index is 0.290. The van der Waals surface area contributed by atoms with E-state index in [4.69, 9.17) is 4.74 Å². The van der Waals surface area contributed by atoms with Gasteiger partial charge in [0, 0.05) is 0 Å². The monoisotopic (exact) mass is 205 g/mol. The summed E-state index contributed by atoms with van der Waals surface area (Å²) in [5, 5.41) is 3.46. The molecule has 2 heteroatoms. The Morgan fingerprint density at radius 1 is 1.33 bits per heavy atom. The molecule has 0 aromatic heterocycles. The number of anilines is 1. The number of nitrogens with one attached hydrogen (secondary N) is 1. The highest BCUT2D eigenvalue weighted by Crippen LogP contribution is 2.34. The summed E-state index contributed by atoms with van der Waals surface area (Å²) >= 11 is 0. The summed E-state index contributed by atoms with van der Waals surface area (Å²) in [5.41, 5.74) is 3.70. The zero-order valence-electron chi connectivity index (χ0n) is 9.92. The average Bonchev–Trinajstić information content (AvgIpc) is 2.16. The first kappa shape index (κ1) is 10.3. The van der Waals surface area contributed by atoms with Crippen molar-refractivity contribution in [2.75, 3.05) is 11.9 Å². The average molecular weight is 205 g/mol. The molecule has 1 aliphatic rings. The first-order chi connectivity index (χ1) is 7.08. The molecule has 1 aliphatic heterocycles. The lowest BCUT2D eigenvalue weighted by molar-refractivity contribution is 0.156. The molecule has 0 saturated heterocycles. The van der Waals surface area contributed by atoms with Gasteiger partial charge in [0.15, 0.2) is 0 Å². The van der Waals surface area contributed by atoms with Crippen molar-refractivity contribution in [1.29, 1.82) is 0 Å². The molecule has 0 spiro atoms. The van der Waals surface area contributed by atoms with Crippen LogP contribution in [0, 0.1) is 19.8 Å². The number of ether oxygens (including phenoxy) is 1. The summed E-state index contributed by atoms with van der Waals surface area (Å²) in [6, 6.07) is 4.30. The maximum Gasteiger partial charge on any atom is 0.143 e. The van der Waals surface area contributed by atoms with Gasteiger partial charge in [-0.05, 0) is 37.0 Å².